The summed E-state index contributed by atoms with van der Waals surface area (Å²) in [5.74, 6) is -0.0592. The van der Waals surface area contributed by atoms with E-state index in [9.17, 15) is 4.79 Å². The molecule has 0 saturated carbocycles. The Balaban J connectivity index is 0.00000225. The van der Waals surface area contributed by atoms with Crippen LogP contribution in [-0.2, 0) is 16.0 Å². The van der Waals surface area contributed by atoms with E-state index in [1.807, 2.05) is 31.2 Å². The van der Waals surface area contributed by atoms with Gasteiger partial charge in [0.1, 0.15) is 0 Å². The van der Waals surface area contributed by atoms with Crippen molar-refractivity contribution in [3.05, 3.63) is 54.4 Å². The molecule has 0 spiro atoms. The molecule has 2 aromatic rings. The highest BCUT2D eigenvalue weighted by molar-refractivity contribution is 5.85. The van der Waals surface area contributed by atoms with Gasteiger partial charge >= 0.3 is 5.97 Å². The molecule has 2 heterocycles. The molecule has 1 aliphatic rings. The van der Waals surface area contributed by atoms with Crippen LogP contribution in [0.1, 0.15) is 25.3 Å². The maximum absolute atomic E-state index is 12.7. The molecular weight excluding hydrogens is 336 g/mol. The average Bonchev–Trinajstić information content (AvgIpc) is 2.64. The number of halogens is 1. The van der Waals surface area contributed by atoms with Gasteiger partial charge in [0.2, 0.25) is 0 Å². The molecule has 0 radical (unpaired) electrons. The number of carbonyl (C=O) groups is 1. The largest absolute Gasteiger partial charge is 0.466 e. The van der Waals surface area contributed by atoms with Gasteiger partial charge in [0.05, 0.1) is 12.0 Å². The van der Waals surface area contributed by atoms with Gasteiger partial charge in [0, 0.05) is 12.4 Å². The van der Waals surface area contributed by atoms with Crippen LogP contribution in [0.2, 0.25) is 0 Å². The molecule has 1 aromatic carbocycles. The number of nitrogens with one attached hydrogen (secondary N) is 1. The maximum atomic E-state index is 12.7. The summed E-state index contributed by atoms with van der Waals surface area (Å²) in [6, 6.07) is 12.3. The zero-order chi connectivity index (χ0) is 16.8. The van der Waals surface area contributed by atoms with Gasteiger partial charge in [0.25, 0.3) is 0 Å². The number of pyridine rings is 1. The molecule has 1 aromatic heterocycles. The van der Waals surface area contributed by atoms with Gasteiger partial charge in [-0.05, 0) is 68.1 Å². The minimum atomic E-state index is -0.426. The summed E-state index contributed by atoms with van der Waals surface area (Å²) in [6.07, 6.45) is 5.95. The predicted octanol–water partition coefficient (Wildman–Crippen LogP) is 3.65. The smallest absolute Gasteiger partial charge is 0.312 e. The van der Waals surface area contributed by atoms with Gasteiger partial charge in [-0.3, -0.25) is 9.78 Å². The fraction of sp³-hybridized carbons (Fsp3) is 0.400. The molecule has 1 saturated heterocycles. The second-order valence-electron chi connectivity index (χ2n) is 6.32. The molecule has 5 heteroatoms. The Morgan fingerprint density at radius 3 is 2.52 bits per heavy atom. The number of aromatic nitrogens is 1. The summed E-state index contributed by atoms with van der Waals surface area (Å²) in [7, 11) is 0. The van der Waals surface area contributed by atoms with Crippen molar-refractivity contribution in [3.63, 3.8) is 0 Å². The number of esters is 1. The van der Waals surface area contributed by atoms with E-state index < -0.39 is 5.41 Å². The number of piperidine rings is 1. The Morgan fingerprint density at radius 2 is 1.84 bits per heavy atom. The monoisotopic (exact) mass is 360 g/mol. The lowest BCUT2D eigenvalue weighted by Crippen LogP contribution is -2.44. The van der Waals surface area contributed by atoms with Crippen molar-refractivity contribution in [1.82, 2.24) is 10.3 Å². The Labute approximate surface area is 155 Å². The van der Waals surface area contributed by atoms with E-state index in [2.05, 4.69) is 22.4 Å². The predicted molar refractivity (Wildman–Crippen MR) is 102 cm³/mol. The zero-order valence-corrected chi connectivity index (χ0v) is 15.3. The lowest BCUT2D eigenvalue weighted by atomic mass is 9.73. The number of ether oxygens (including phenoxy) is 1. The Kier molecular flexibility index (Phi) is 6.97. The number of rotatable bonds is 5. The molecule has 4 nitrogen and oxygen atoms in total. The second kappa shape index (κ2) is 8.97. The summed E-state index contributed by atoms with van der Waals surface area (Å²) in [5.41, 5.74) is 3.07. The minimum Gasteiger partial charge on any atom is -0.466 e. The van der Waals surface area contributed by atoms with Crippen LogP contribution in [0.3, 0.4) is 0 Å². The van der Waals surface area contributed by atoms with Crippen molar-refractivity contribution in [3.8, 4) is 11.1 Å². The van der Waals surface area contributed by atoms with E-state index in [1.54, 1.807) is 12.4 Å². The normalized spacial score (nSPS) is 15.9. The van der Waals surface area contributed by atoms with Gasteiger partial charge in [-0.15, -0.1) is 12.4 Å². The van der Waals surface area contributed by atoms with Crippen molar-refractivity contribution in [2.24, 2.45) is 5.41 Å². The van der Waals surface area contributed by atoms with Crippen molar-refractivity contribution >= 4 is 18.4 Å². The molecule has 0 atom stereocenters. The van der Waals surface area contributed by atoms with Crippen molar-refractivity contribution < 1.29 is 9.53 Å². The number of benzene rings is 1. The first-order valence-electron chi connectivity index (χ1n) is 8.61. The maximum Gasteiger partial charge on any atom is 0.312 e. The third-order valence-corrected chi connectivity index (χ3v) is 4.81. The van der Waals surface area contributed by atoms with Gasteiger partial charge in [-0.2, -0.15) is 0 Å². The highest BCUT2D eigenvalue weighted by atomic mass is 35.5. The molecule has 0 aliphatic carbocycles. The SMILES string of the molecule is CCOC(=O)C1(Cc2ccccc2-c2ccncc2)CCNCC1.Cl. The molecule has 0 bridgehead atoms. The first kappa shape index (κ1) is 19.4. The second-order valence-corrected chi connectivity index (χ2v) is 6.32. The minimum absolute atomic E-state index is 0. The molecule has 134 valence electrons. The van der Waals surface area contributed by atoms with Crippen molar-refractivity contribution in [1.29, 1.82) is 0 Å². The van der Waals surface area contributed by atoms with Crippen molar-refractivity contribution in [2.45, 2.75) is 26.2 Å². The highest BCUT2D eigenvalue weighted by Gasteiger charge is 2.41. The molecule has 0 amide bonds. The zero-order valence-electron chi connectivity index (χ0n) is 14.5. The van der Waals surface area contributed by atoms with E-state index in [-0.39, 0.29) is 18.4 Å². The first-order chi connectivity index (χ1) is 11.7. The Bertz CT molecular complexity index is 685. The lowest BCUT2D eigenvalue weighted by Gasteiger charge is -2.35. The number of nitrogens with zero attached hydrogens (tertiary/aromatic N) is 1. The lowest BCUT2D eigenvalue weighted by molar-refractivity contribution is -0.157. The molecule has 1 fully saturated rings. The fourth-order valence-corrected chi connectivity index (χ4v) is 3.49. The fourth-order valence-electron chi connectivity index (χ4n) is 3.49. The van der Waals surface area contributed by atoms with Gasteiger partial charge in [0.15, 0.2) is 0 Å². The standard InChI is InChI=1S/C20H24N2O2.ClH/c1-2-24-19(23)20(9-13-22-14-10-20)15-17-5-3-4-6-18(17)16-7-11-21-12-8-16;/h3-8,11-12,22H,2,9-10,13-15H2,1H3;1H. The van der Waals surface area contributed by atoms with Gasteiger partial charge in [-0.1, -0.05) is 24.3 Å². The van der Waals surface area contributed by atoms with E-state index >= 15 is 0 Å². The van der Waals surface area contributed by atoms with Crippen LogP contribution in [0.4, 0.5) is 0 Å². The van der Waals surface area contributed by atoms with Crippen LogP contribution in [-0.4, -0.2) is 30.6 Å². The van der Waals surface area contributed by atoms with Gasteiger partial charge < -0.3 is 10.1 Å². The molecule has 3 rings (SSSR count). The number of carbonyl (C=O) groups excluding carboxylic acids is 1. The molecule has 1 N–H and O–H groups in total. The number of hydrogen-bond acceptors (Lipinski definition) is 4. The molecular formula is C20H25ClN2O2. The van der Waals surface area contributed by atoms with Crippen LogP contribution < -0.4 is 5.32 Å². The van der Waals surface area contributed by atoms with Gasteiger partial charge in [-0.25, -0.2) is 0 Å². The van der Waals surface area contributed by atoms with E-state index in [1.165, 1.54) is 11.1 Å². The topological polar surface area (TPSA) is 51.2 Å². The van der Waals surface area contributed by atoms with E-state index in [0.29, 0.717) is 13.0 Å². The average molecular weight is 361 g/mol. The summed E-state index contributed by atoms with van der Waals surface area (Å²) in [5, 5.41) is 3.35. The summed E-state index contributed by atoms with van der Waals surface area (Å²) < 4.78 is 5.43. The molecule has 0 unspecified atom stereocenters. The third-order valence-electron chi connectivity index (χ3n) is 4.81. The molecule has 1 aliphatic heterocycles. The van der Waals surface area contributed by atoms with Crippen LogP contribution in [0, 0.1) is 5.41 Å². The summed E-state index contributed by atoms with van der Waals surface area (Å²) in [4.78, 5) is 16.8. The van der Waals surface area contributed by atoms with Crippen LogP contribution in [0.15, 0.2) is 48.8 Å². The first-order valence-corrected chi connectivity index (χ1v) is 8.61. The third kappa shape index (κ3) is 4.39. The number of hydrogen-bond donors (Lipinski definition) is 1. The van der Waals surface area contributed by atoms with E-state index in [4.69, 9.17) is 4.74 Å². The Morgan fingerprint density at radius 1 is 1.16 bits per heavy atom. The van der Waals surface area contributed by atoms with Crippen LogP contribution >= 0.6 is 12.4 Å². The quantitative estimate of drug-likeness (QED) is 0.827. The van der Waals surface area contributed by atoms with E-state index in [0.717, 1.165) is 31.5 Å². The molecule has 25 heavy (non-hydrogen) atoms. The highest BCUT2D eigenvalue weighted by Crippen LogP contribution is 2.37. The summed E-state index contributed by atoms with van der Waals surface area (Å²) in [6.45, 7) is 4.02. The summed E-state index contributed by atoms with van der Waals surface area (Å²) >= 11 is 0. The van der Waals surface area contributed by atoms with Crippen molar-refractivity contribution in [2.75, 3.05) is 19.7 Å². The Hall–Kier alpha value is -1.91. The van der Waals surface area contributed by atoms with Crippen LogP contribution in [0.5, 0.6) is 0 Å². The van der Waals surface area contributed by atoms with Crippen LogP contribution in [0.25, 0.3) is 11.1 Å².